The third-order valence-corrected chi connectivity index (χ3v) is 4.79. The van der Waals surface area contributed by atoms with Gasteiger partial charge in [-0.3, -0.25) is 0 Å². The van der Waals surface area contributed by atoms with Crippen LogP contribution in [0.15, 0.2) is 41.3 Å². The Hall–Kier alpha value is -2.02. The van der Waals surface area contributed by atoms with Crippen molar-refractivity contribution in [2.45, 2.75) is 31.8 Å². The van der Waals surface area contributed by atoms with E-state index in [1.54, 1.807) is 32.9 Å². The predicted octanol–water partition coefficient (Wildman–Crippen LogP) is 4.40. The lowest BCUT2D eigenvalue weighted by atomic mass is 10.1. The summed E-state index contributed by atoms with van der Waals surface area (Å²) in [5.41, 5.74) is 0.569. The monoisotopic (exact) mass is 344 g/mol. The van der Waals surface area contributed by atoms with Crippen molar-refractivity contribution < 1.29 is 25.8 Å². The Morgan fingerprint density at radius 2 is 1.48 bits per heavy atom. The van der Waals surface area contributed by atoms with E-state index in [0.717, 1.165) is 17.7 Å². The molecule has 0 atom stereocenters. The topological polar surface area (TPSA) is 43.4 Å². The minimum atomic E-state index is -4.70. The molecule has 0 spiro atoms. The molecule has 0 radical (unpaired) electrons. The summed E-state index contributed by atoms with van der Waals surface area (Å²) >= 11 is 0. The van der Waals surface area contributed by atoms with Crippen molar-refractivity contribution in [1.82, 2.24) is 0 Å². The van der Waals surface area contributed by atoms with Crippen LogP contribution in [-0.2, 0) is 16.3 Å². The van der Waals surface area contributed by atoms with Crippen LogP contribution in [0.4, 0.5) is 13.2 Å². The van der Waals surface area contributed by atoms with Gasteiger partial charge in [0.05, 0.1) is 5.56 Å². The third kappa shape index (κ3) is 3.67. The van der Waals surface area contributed by atoms with Gasteiger partial charge in [-0.25, -0.2) is 0 Å². The quantitative estimate of drug-likeness (QED) is 0.775. The van der Waals surface area contributed by atoms with Crippen LogP contribution in [0, 0.1) is 20.8 Å². The summed E-state index contributed by atoms with van der Waals surface area (Å²) < 4.78 is 68.6. The Morgan fingerprint density at radius 3 is 2.00 bits per heavy atom. The second kappa shape index (κ2) is 5.88. The van der Waals surface area contributed by atoms with E-state index >= 15 is 0 Å². The second-order valence-electron chi connectivity index (χ2n) is 5.26. The summed E-state index contributed by atoms with van der Waals surface area (Å²) in [6.45, 7) is 4.95. The first-order valence-electron chi connectivity index (χ1n) is 6.71. The van der Waals surface area contributed by atoms with Crippen LogP contribution in [-0.4, -0.2) is 8.42 Å². The lowest BCUT2D eigenvalue weighted by Gasteiger charge is -2.16. The van der Waals surface area contributed by atoms with Crippen LogP contribution in [0.2, 0.25) is 0 Å². The van der Waals surface area contributed by atoms with Gasteiger partial charge in [-0.15, -0.1) is 0 Å². The van der Waals surface area contributed by atoms with Crippen molar-refractivity contribution in [3.8, 4) is 5.75 Å². The molecule has 0 N–H and O–H groups in total. The first-order valence-corrected chi connectivity index (χ1v) is 8.12. The molecule has 124 valence electrons. The molecular formula is C16H15F3O3S. The smallest absolute Gasteiger partial charge is 0.378 e. The first-order chi connectivity index (χ1) is 10.5. The molecule has 0 saturated heterocycles. The highest BCUT2D eigenvalue weighted by molar-refractivity contribution is 7.87. The van der Waals surface area contributed by atoms with Crippen LogP contribution >= 0.6 is 0 Å². The van der Waals surface area contributed by atoms with Crippen molar-refractivity contribution in [3.05, 3.63) is 58.7 Å². The molecule has 0 amide bonds. The number of hydrogen-bond donors (Lipinski definition) is 0. The highest BCUT2D eigenvalue weighted by Crippen LogP contribution is 2.37. The molecule has 23 heavy (non-hydrogen) atoms. The molecule has 0 aliphatic heterocycles. The predicted molar refractivity (Wildman–Crippen MR) is 79.9 cm³/mol. The van der Waals surface area contributed by atoms with E-state index in [0.29, 0.717) is 11.1 Å². The van der Waals surface area contributed by atoms with Crippen molar-refractivity contribution >= 4 is 10.1 Å². The van der Waals surface area contributed by atoms with Gasteiger partial charge in [0.2, 0.25) is 0 Å². The van der Waals surface area contributed by atoms with E-state index in [2.05, 4.69) is 0 Å². The molecular weight excluding hydrogens is 329 g/mol. The maximum absolute atomic E-state index is 13.0. The van der Waals surface area contributed by atoms with E-state index in [4.69, 9.17) is 4.18 Å². The minimum absolute atomic E-state index is 0.111. The normalized spacial score (nSPS) is 12.3. The fourth-order valence-corrected chi connectivity index (χ4v) is 3.87. The number of rotatable bonds is 3. The number of aryl methyl sites for hydroxylation is 3. The zero-order valence-electron chi connectivity index (χ0n) is 12.7. The fourth-order valence-electron chi connectivity index (χ4n) is 2.49. The van der Waals surface area contributed by atoms with Gasteiger partial charge in [0.15, 0.2) is 5.75 Å². The highest BCUT2D eigenvalue weighted by Gasteiger charge is 2.36. The van der Waals surface area contributed by atoms with Gasteiger partial charge >= 0.3 is 16.3 Å². The summed E-state index contributed by atoms with van der Waals surface area (Å²) in [6.07, 6.45) is -4.70. The van der Waals surface area contributed by atoms with Crippen molar-refractivity contribution in [1.29, 1.82) is 0 Å². The van der Waals surface area contributed by atoms with Gasteiger partial charge in [0.1, 0.15) is 4.90 Å². The van der Waals surface area contributed by atoms with Gasteiger partial charge in [-0.1, -0.05) is 29.8 Å². The van der Waals surface area contributed by atoms with Gasteiger partial charge in [-0.05, 0) is 44.0 Å². The number of halogens is 3. The van der Waals surface area contributed by atoms with Crippen molar-refractivity contribution in [2.75, 3.05) is 0 Å². The maximum atomic E-state index is 13.0. The Bertz CT molecular complexity index is 817. The summed E-state index contributed by atoms with van der Waals surface area (Å²) in [5.74, 6) is -0.737. The lowest BCUT2D eigenvalue weighted by molar-refractivity contribution is -0.138. The summed E-state index contributed by atoms with van der Waals surface area (Å²) in [7, 11) is -4.37. The molecule has 0 unspecified atom stereocenters. The number of alkyl halides is 3. The highest BCUT2D eigenvalue weighted by atomic mass is 32.2. The zero-order chi connectivity index (χ0) is 17.4. The first kappa shape index (κ1) is 17.3. The Labute approximate surface area is 132 Å². The molecule has 0 heterocycles. The SMILES string of the molecule is Cc1cc(C)c(S(=O)(=O)Oc2ccccc2C(F)(F)F)c(C)c1. The van der Waals surface area contributed by atoms with Crippen LogP contribution in [0.25, 0.3) is 0 Å². The molecule has 0 bridgehead atoms. The van der Waals surface area contributed by atoms with Crippen molar-refractivity contribution in [2.24, 2.45) is 0 Å². The fraction of sp³-hybridized carbons (Fsp3) is 0.250. The lowest BCUT2D eigenvalue weighted by Crippen LogP contribution is -2.16. The van der Waals surface area contributed by atoms with Gasteiger partial charge in [-0.2, -0.15) is 21.6 Å². The average Bonchev–Trinajstić information content (AvgIpc) is 2.35. The Morgan fingerprint density at radius 1 is 0.957 bits per heavy atom. The van der Waals surface area contributed by atoms with Crippen LogP contribution in [0.3, 0.4) is 0 Å². The van der Waals surface area contributed by atoms with Crippen molar-refractivity contribution in [3.63, 3.8) is 0 Å². The molecule has 0 saturated carbocycles. The Balaban J connectivity index is 2.53. The molecule has 2 aromatic carbocycles. The minimum Gasteiger partial charge on any atom is -0.378 e. The number of hydrogen-bond acceptors (Lipinski definition) is 3. The van der Waals surface area contributed by atoms with Gasteiger partial charge < -0.3 is 4.18 Å². The van der Waals surface area contributed by atoms with Crippen LogP contribution in [0.1, 0.15) is 22.3 Å². The van der Waals surface area contributed by atoms with E-state index in [-0.39, 0.29) is 4.90 Å². The summed E-state index contributed by atoms with van der Waals surface area (Å²) in [4.78, 5) is -0.111. The molecule has 0 aliphatic rings. The van der Waals surface area contributed by atoms with Gasteiger partial charge in [0, 0.05) is 0 Å². The number of benzene rings is 2. The van der Waals surface area contributed by atoms with E-state index in [1.807, 2.05) is 0 Å². The van der Waals surface area contributed by atoms with E-state index in [9.17, 15) is 21.6 Å². The molecule has 2 aromatic rings. The molecule has 2 rings (SSSR count). The Kier molecular flexibility index (Phi) is 4.43. The summed E-state index contributed by atoms with van der Waals surface area (Å²) in [5, 5.41) is 0. The zero-order valence-corrected chi connectivity index (χ0v) is 13.5. The average molecular weight is 344 g/mol. The molecule has 0 aromatic heterocycles. The molecule has 7 heteroatoms. The molecule has 0 fully saturated rings. The largest absolute Gasteiger partial charge is 0.420 e. The second-order valence-corrected chi connectivity index (χ2v) is 6.74. The van der Waals surface area contributed by atoms with E-state index in [1.165, 1.54) is 12.1 Å². The standard InChI is InChI=1S/C16H15F3O3S/c1-10-8-11(2)15(12(3)9-10)23(20,21)22-14-7-5-4-6-13(14)16(17,18)19/h4-9H,1-3H3. The molecule has 0 aliphatic carbocycles. The van der Waals surface area contributed by atoms with E-state index < -0.39 is 27.6 Å². The maximum Gasteiger partial charge on any atom is 0.420 e. The van der Waals surface area contributed by atoms with Gasteiger partial charge in [0.25, 0.3) is 0 Å². The van der Waals surface area contributed by atoms with Crippen LogP contribution < -0.4 is 4.18 Å². The third-order valence-electron chi connectivity index (χ3n) is 3.25. The summed E-state index contributed by atoms with van der Waals surface area (Å²) in [6, 6.07) is 7.50. The molecule has 3 nitrogen and oxygen atoms in total. The number of para-hydroxylation sites is 1. The van der Waals surface area contributed by atoms with Crippen LogP contribution in [0.5, 0.6) is 5.75 Å².